The number of aromatic nitrogens is 2. The SMILES string of the molecule is COC(=O)c1ccc(CSc2[nH+]c(N)cc(N)[nH+]2)cc1. The second-order valence-electron chi connectivity index (χ2n) is 4.11. The highest BCUT2D eigenvalue weighted by molar-refractivity contribution is 7.98. The molecule has 0 bridgehead atoms. The zero-order valence-corrected chi connectivity index (χ0v) is 11.8. The van der Waals surface area contributed by atoms with Crippen molar-refractivity contribution in [1.82, 2.24) is 0 Å². The maximum absolute atomic E-state index is 11.3. The number of anilines is 2. The number of esters is 1. The normalized spacial score (nSPS) is 10.2. The van der Waals surface area contributed by atoms with E-state index in [1.54, 1.807) is 18.2 Å². The summed E-state index contributed by atoms with van der Waals surface area (Å²) >= 11 is 1.53. The maximum Gasteiger partial charge on any atom is 0.374 e. The molecular formula is C13H16N4O2S+2. The Morgan fingerprint density at radius 2 is 1.80 bits per heavy atom. The van der Waals surface area contributed by atoms with Crippen LogP contribution in [0.1, 0.15) is 15.9 Å². The van der Waals surface area contributed by atoms with Crippen molar-refractivity contribution in [3.8, 4) is 0 Å². The fourth-order valence-corrected chi connectivity index (χ4v) is 2.50. The van der Waals surface area contributed by atoms with Crippen molar-refractivity contribution in [3.63, 3.8) is 0 Å². The van der Waals surface area contributed by atoms with E-state index in [0.717, 1.165) is 16.5 Å². The van der Waals surface area contributed by atoms with Gasteiger partial charge in [-0.05, 0) is 29.5 Å². The van der Waals surface area contributed by atoms with Gasteiger partial charge in [0.15, 0.2) is 0 Å². The average molecular weight is 292 g/mol. The number of carbonyl (C=O) groups is 1. The molecule has 0 fully saturated rings. The van der Waals surface area contributed by atoms with Crippen molar-refractivity contribution >= 4 is 29.4 Å². The van der Waals surface area contributed by atoms with Crippen LogP contribution in [0.25, 0.3) is 0 Å². The molecule has 6 N–H and O–H groups in total. The molecule has 7 heteroatoms. The van der Waals surface area contributed by atoms with Crippen LogP contribution in [0.5, 0.6) is 0 Å². The lowest BCUT2D eigenvalue weighted by Gasteiger charge is -2.01. The van der Waals surface area contributed by atoms with E-state index in [-0.39, 0.29) is 5.97 Å². The fraction of sp³-hybridized carbons (Fsp3) is 0.154. The molecule has 0 atom stereocenters. The summed E-state index contributed by atoms with van der Waals surface area (Å²) in [5, 5.41) is 0.777. The molecule has 1 heterocycles. The maximum atomic E-state index is 11.3. The minimum Gasteiger partial charge on any atom is -0.465 e. The highest BCUT2D eigenvalue weighted by atomic mass is 32.2. The van der Waals surface area contributed by atoms with Gasteiger partial charge in [0, 0.05) is 5.75 Å². The van der Waals surface area contributed by atoms with E-state index >= 15 is 0 Å². The number of hydrogen-bond acceptors (Lipinski definition) is 5. The topological polar surface area (TPSA) is 107 Å². The molecule has 0 radical (unpaired) electrons. The Morgan fingerprint density at radius 3 is 2.35 bits per heavy atom. The predicted molar refractivity (Wildman–Crippen MR) is 75.7 cm³/mol. The van der Waals surface area contributed by atoms with E-state index in [0.29, 0.717) is 17.2 Å². The number of thioether (sulfide) groups is 1. The first-order valence-corrected chi connectivity index (χ1v) is 6.87. The van der Waals surface area contributed by atoms with Crippen LogP contribution in [-0.4, -0.2) is 13.1 Å². The Bertz CT molecular complexity index is 596. The lowest BCUT2D eigenvalue weighted by atomic mass is 10.1. The molecule has 1 aromatic heterocycles. The van der Waals surface area contributed by atoms with Crippen LogP contribution in [0.2, 0.25) is 0 Å². The van der Waals surface area contributed by atoms with Crippen LogP contribution in [0, 0.1) is 0 Å². The zero-order chi connectivity index (χ0) is 14.5. The minimum atomic E-state index is -0.338. The van der Waals surface area contributed by atoms with Crippen LogP contribution in [0.3, 0.4) is 0 Å². The number of nitrogen functional groups attached to an aromatic ring is 2. The Morgan fingerprint density at radius 1 is 1.20 bits per heavy atom. The summed E-state index contributed by atoms with van der Waals surface area (Å²) in [6, 6.07) is 8.87. The van der Waals surface area contributed by atoms with E-state index in [1.165, 1.54) is 18.9 Å². The monoisotopic (exact) mass is 292 g/mol. The summed E-state index contributed by atoms with van der Waals surface area (Å²) in [5.41, 5.74) is 13.0. The smallest absolute Gasteiger partial charge is 0.374 e. The highest BCUT2D eigenvalue weighted by Gasteiger charge is 2.12. The van der Waals surface area contributed by atoms with Gasteiger partial charge >= 0.3 is 16.9 Å². The van der Waals surface area contributed by atoms with Gasteiger partial charge in [-0.25, -0.2) is 4.79 Å². The number of ether oxygens (including phenoxy) is 1. The molecule has 0 aliphatic heterocycles. The van der Waals surface area contributed by atoms with Crippen molar-refractivity contribution in [1.29, 1.82) is 0 Å². The third-order valence-corrected chi connectivity index (χ3v) is 3.56. The number of carbonyl (C=O) groups excluding carboxylic acids is 1. The van der Waals surface area contributed by atoms with E-state index in [4.69, 9.17) is 11.5 Å². The van der Waals surface area contributed by atoms with Crippen molar-refractivity contribution in [3.05, 3.63) is 41.5 Å². The van der Waals surface area contributed by atoms with Gasteiger partial charge in [-0.3, -0.25) is 5.73 Å². The van der Waals surface area contributed by atoms with Crippen LogP contribution in [0.15, 0.2) is 35.5 Å². The van der Waals surface area contributed by atoms with E-state index in [2.05, 4.69) is 14.7 Å². The molecule has 0 spiro atoms. The van der Waals surface area contributed by atoms with Gasteiger partial charge in [0.2, 0.25) is 5.82 Å². The third kappa shape index (κ3) is 3.61. The van der Waals surface area contributed by atoms with Gasteiger partial charge in [0.05, 0.1) is 12.7 Å². The van der Waals surface area contributed by atoms with Gasteiger partial charge in [-0.1, -0.05) is 12.1 Å². The van der Waals surface area contributed by atoms with E-state index in [1.807, 2.05) is 12.1 Å². The second-order valence-corrected chi connectivity index (χ2v) is 5.10. The summed E-state index contributed by atoms with van der Waals surface area (Å²) in [6.07, 6.45) is 0. The largest absolute Gasteiger partial charge is 0.465 e. The summed E-state index contributed by atoms with van der Waals surface area (Å²) < 4.78 is 4.65. The molecule has 0 amide bonds. The molecule has 6 nitrogen and oxygen atoms in total. The molecule has 1 aromatic carbocycles. The van der Waals surface area contributed by atoms with Gasteiger partial charge < -0.3 is 10.5 Å². The Labute approximate surface area is 120 Å². The average Bonchev–Trinajstić information content (AvgIpc) is 2.44. The molecule has 20 heavy (non-hydrogen) atoms. The zero-order valence-electron chi connectivity index (χ0n) is 11.0. The van der Waals surface area contributed by atoms with Gasteiger partial charge in [0.25, 0.3) is 0 Å². The quantitative estimate of drug-likeness (QED) is 0.486. The number of rotatable bonds is 4. The molecule has 0 unspecified atom stereocenters. The molecule has 0 aliphatic rings. The first kappa shape index (κ1) is 14.1. The molecular weight excluding hydrogens is 276 g/mol. The number of hydrogen-bond donors (Lipinski definition) is 2. The lowest BCUT2D eigenvalue weighted by Crippen LogP contribution is -2.26. The summed E-state index contributed by atoms with van der Waals surface area (Å²) in [4.78, 5) is 17.3. The van der Waals surface area contributed by atoms with Crippen molar-refractivity contribution < 1.29 is 19.5 Å². The van der Waals surface area contributed by atoms with Gasteiger partial charge in [0.1, 0.15) is 6.07 Å². The molecule has 0 saturated carbocycles. The number of benzene rings is 1. The van der Waals surface area contributed by atoms with Crippen molar-refractivity contribution in [2.45, 2.75) is 10.9 Å². The van der Waals surface area contributed by atoms with E-state index < -0.39 is 0 Å². The number of methoxy groups -OCH3 is 1. The highest BCUT2D eigenvalue weighted by Crippen LogP contribution is 2.17. The first-order valence-electron chi connectivity index (χ1n) is 5.89. The van der Waals surface area contributed by atoms with Crippen LogP contribution >= 0.6 is 11.8 Å². The minimum absolute atomic E-state index is 0.338. The van der Waals surface area contributed by atoms with Crippen LogP contribution < -0.4 is 21.4 Å². The first-order chi connectivity index (χ1) is 9.58. The molecule has 104 valence electrons. The summed E-state index contributed by atoms with van der Waals surface area (Å²) in [6.45, 7) is 0. The summed E-state index contributed by atoms with van der Waals surface area (Å²) in [7, 11) is 1.36. The van der Waals surface area contributed by atoms with Crippen molar-refractivity contribution in [2.24, 2.45) is 0 Å². The molecule has 2 rings (SSSR count). The molecule has 2 aromatic rings. The van der Waals surface area contributed by atoms with E-state index in [9.17, 15) is 4.79 Å². The third-order valence-electron chi connectivity index (χ3n) is 2.58. The Balaban J connectivity index is 2.02. The second kappa shape index (κ2) is 6.25. The number of H-pyrrole nitrogens is 2. The standard InChI is InChI=1S/C13H14N4O2S/c1-19-12(18)9-4-2-8(3-5-9)7-20-13-16-10(14)6-11(15)17-13/h2-6H,7H2,1H3,(H4,14,15,16,17)/p+2. The van der Waals surface area contributed by atoms with Crippen LogP contribution in [-0.2, 0) is 10.5 Å². The molecule has 0 saturated heterocycles. The summed E-state index contributed by atoms with van der Waals surface area (Å²) in [5.74, 6) is 1.39. The predicted octanol–water partition coefficient (Wildman–Crippen LogP) is 0.558. The van der Waals surface area contributed by atoms with Gasteiger partial charge in [-0.15, -0.1) is 0 Å². The lowest BCUT2D eigenvalue weighted by molar-refractivity contribution is -0.590. The van der Waals surface area contributed by atoms with Crippen LogP contribution in [0.4, 0.5) is 11.6 Å². The molecule has 0 aliphatic carbocycles. The number of nitrogens with one attached hydrogen (secondary N) is 2. The number of nitrogens with two attached hydrogens (primary N) is 2. The fourth-order valence-electron chi connectivity index (χ4n) is 1.62. The Kier molecular flexibility index (Phi) is 4.41. The number of aromatic amines is 2. The van der Waals surface area contributed by atoms with Crippen molar-refractivity contribution in [2.75, 3.05) is 18.6 Å². The van der Waals surface area contributed by atoms with Gasteiger partial charge in [-0.2, -0.15) is 9.97 Å². The Hall–Kier alpha value is -2.28.